The molecule has 0 unspecified atom stereocenters. The molecule has 8 heteroatoms. The van der Waals surface area contributed by atoms with Crippen LogP contribution in [0.3, 0.4) is 0 Å². The van der Waals surface area contributed by atoms with E-state index in [0.29, 0.717) is 42.4 Å². The molecule has 2 aromatic heterocycles. The highest BCUT2D eigenvalue weighted by molar-refractivity contribution is 5.96. The van der Waals surface area contributed by atoms with E-state index in [1.807, 2.05) is 0 Å². The number of aliphatic hydroxyl groups is 1. The van der Waals surface area contributed by atoms with Crippen molar-refractivity contribution in [3.63, 3.8) is 0 Å². The van der Waals surface area contributed by atoms with Crippen LogP contribution in [-0.2, 0) is 4.74 Å². The van der Waals surface area contributed by atoms with Gasteiger partial charge >= 0.3 is 0 Å². The lowest BCUT2D eigenvalue weighted by molar-refractivity contribution is 0.233. The average Bonchev–Trinajstić information content (AvgIpc) is 3.12. The monoisotopic (exact) mass is 354 g/mol. The van der Waals surface area contributed by atoms with E-state index in [-0.39, 0.29) is 12.5 Å². The van der Waals surface area contributed by atoms with Crippen LogP contribution >= 0.6 is 0 Å². The van der Waals surface area contributed by atoms with Gasteiger partial charge in [-0.25, -0.2) is 4.98 Å². The van der Waals surface area contributed by atoms with Gasteiger partial charge in [0.05, 0.1) is 18.3 Å². The molecule has 0 saturated carbocycles. The molecule has 26 heavy (non-hydrogen) atoms. The molecule has 8 nitrogen and oxygen atoms in total. The lowest BCUT2D eigenvalue weighted by Crippen LogP contribution is -2.05. The average molecular weight is 354 g/mol. The topological polar surface area (TPSA) is 113 Å². The smallest absolute Gasteiger partial charge is 0.220 e. The molecule has 3 N–H and O–H groups in total. The zero-order valence-corrected chi connectivity index (χ0v) is 13.9. The molecule has 2 heterocycles. The second kappa shape index (κ2) is 8.13. The highest BCUT2D eigenvalue weighted by Crippen LogP contribution is 2.26. The van der Waals surface area contributed by atoms with E-state index in [9.17, 15) is 0 Å². The number of rotatable bonds is 8. The number of fused-ring (bicyclic) bond motifs is 1. The molecule has 0 fully saturated rings. The summed E-state index contributed by atoms with van der Waals surface area (Å²) in [5.74, 6) is 1.59. The fraction of sp³-hybridized carbons (Fsp3) is 0.167. The first-order valence-corrected chi connectivity index (χ1v) is 7.93. The van der Waals surface area contributed by atoms with E-state index in [4.69, 9.17) is 30.1 Å². The van der Waals surface area contributed by atoms with E-state index in [0.717, 1.165) is 5.52 Å². The summed E-state index contributed by atoms with van der Waals surface area (Å²) < 4.78 is 18.0. The number of hydrogen-bond acceptors (Lipinski definition) is 7. The van der Waals surface area contributed by atoms with Crippen LogP contribution < -0.4 is 9.47 Å². The third-order valence-corrected chi connectivity index (χ3v) is 3.54. The second-order valence-electron chi connectivity index (χ2n) is 5.33. The van der Waals surface area contributed by atoms with Gasteiger partial charge in [-0.15, -0.1) is 0 Å². The van der Waals surface area contributed by atoms with Gasteiger partial charge in [0.2, 0.25) is 11.8 Å². The molecular weight excluding hydrogens is 336 g/mol. The second-order valence-corrected chi connectivity index (χ2v) is 5.33. The van der Waals surface area contributed by atoms with Gasteiger partial charge in [-0.3, -0.25) is 15.2 Å². The van der Waals surface area contributed by atoms with Crippen LogP contribution in [0.4, 0.5) is 0 Å². The summed E-state index contributed by atoms with van der Waals surface area (Å²) in [6.07, 6.45) is 4.54. The fourth-order valence-corrected chi connectivity index (χ4v) is 2.32. The molecule has 0 atom stereocenters. The summed E-state index contributed by atoms with van der Waals surface area (Å²) in [6.45, 7) is 0.540. The molecule has 0 spiro atoms. The molecule has 0 radical (unpaired) electrons. The van der Waals surface area contributed by atoms with Crippen LogP contribution in [0.5, 0.6) is 17.4 Å². The summed E-state index contributed by atoms with van der Waals surface area (Å²) in [5, 5.41) is 23.6. The standard InChI is InChI=1S/C18H18N4O4/c19-11-25-18(20)13-8-14-10-21-12-22(14)17(9-13)26-16-4-2-15(3-5-16)24-7-1-6-23/h2-5,8-12,19-20,23H,1,6-7H2. The summed E-state index contributed by atoms with van der Waals surface area (Å²) in [6, 6.07) is 10.5. The molecular formula is C18H18N4O4. The van der Waals surface area contributed by atoms with Crippen LogP contribution in [0.1, 0.15) is 12.0 Å². The number of aliphatic hydroxyl groups excluding tert-OH is 1. The Morgan fingerprint density at radius 1 is 1.19 bits per heavy atom. The van der Waals surface area contributed by atoms with Crippen LogP contribution in [0.15, 0.2) is 48.9 Å². The lowest BCUT2D eigenvalue weighted by atomic mass is 10.2. The van der Waals surface area contributed by atoms with E-state index in [1.54, 1.807) is 53.3 Å². The largest absolute Gasteiger partial charge is 0.494 e. The minimum absolute atomic E-state index is 0.0924. The molecule has 0 aliphatic rings. The van der Waals surface area contributed by atoms with Gasteiger partial charge < -0.3 is 19.3 Å². The van der Waals surface area contributed by atoms with Gasteiger partial charge in [-0.2, -0.15) is 0 Å². The Hall–Kier alpha value is -3.39. The van der Waals surface area contributed by atoms with Crippen LogP contribution in [-0.4, -0.2) is 40.0 Å². The maximum atomic E-state index is 8.77. The first-order valence-electron chi connectivity index (χ1n) is 7.93. The third-order valence-electron chi connectivity index (χ3n) is 3.54. The summed E-state index contributed by atoms with van der Waals surface area (Å²) in [4.78, 5) is 4.09. The normalized spacial score (nSPS) is 10.5. The van der Waals surface area contributed by atoms with Gasteiger partial charge in [-0.05, 0) is 30.3 Å². The maximum absolute atomic E-state index is 8.77. The molecule has 0 aliphatic heterocycles. The van der Waals surface area contributed by atoms with Gasteiger partial charge in [0.25, 0.3) is 0 Å². The number of benzene rings is 1. The molecule has 3 rings (SSSR count). The Morgan fingerprint density at radius 2 is 1.96 bits per heavy atom. The van der Waals surface area contributed by atoms with Crippen LogP contribution in [0.25, 0.3) is 5.52 Å². The third kappa shape index (κ3) is 3.98. The predicted octanol–water partition coefficient (Wildman–Crippen LogP) is 2.84. The summed E-state index contributed by atoms with van der Waals surface area (Å²) in [7, 11) is 0. The number of nitrogens with one attached hydrogen (secondary N) is 2. The van der Waals surface area contributed by atoms with Crippen molar-refractivity contribution in [3.8, 4) is 17.4 Å². The van der Waals surface area contributed by atoms with Gasteiger partial charge in [0.1, 0.15) is 17.8 Å². The van der Waals surface area contributed by atoms with Crippen LogP contribution in [0, 0.1) is 10.8 Å². The summed E-state index contributed by atoms with van der Waals surface area (Å²) >= 11 is 0. The van der Waals surface area contributed by atoms with Crippen molar-refractivity contribution in [2.24, 2.45) is 0 Å². The van der Waals surface area contributed by atoms with Crippen molar-refractivity contribution in [1.29, 1.82) is 10.8 Å². The number of hydrogen-bond donors (Lipinski definition) is 3. The van der Waals surface area contributed by atoms with Crippen molar-refractivity contribution in [2.75, 3.05) is 13.2 Å². The Morgan fingerprint density at radius 3 is 2.69 bits per heavy atom. The number of ether oxygens (including phenoxy) is 3. The molecule has 1 aromatic carbocycles. The molecule has 0 amide bonds. The van der Waals surface area contributed by atoms with Crippen LogP contribution in [0.2, 0.25) is 0 Å². The Kier molecular flexibility index (Phi) is 5.45. The zero-order valence-electron chi connectivity index (χ0n) is 13.9. The molecule has 0 saturated heterocycles. The van der Waals surface area contributed by atoms with E-state index in [2.05, 4.69) is 4.98 Å². The Balaban J connectivity index is 1.82. The van der Waals surface area contributed by atoms with Gasteiger partial charge in [-0.1, -0.05) is 0 Å². The Labute approximate surface area is 149 Å². The van der Waals surface area contributed by atoms with E-state index >= 15 is 0 Å². The van der Waals surface area contributed by atoms with Gasteiger partial charge in [0, 0.05) is 24.7 Å². The number of pyridine rings is 1. The highest BCUT2D eigenvalue weighted by atomic mass is 16.5. The van der Waals surface area contributed by atoms with Gasteiger partial charge in [0.15, 0.2) is 6.40 Å². The predicted molar refractivity (Wildman–Crippen MR) is 95.6 cm³/mol. The molecule has 3 aromatic rings. The van der Waals surface area contributed by atoms with E-state index in [1.165, 1.54) is 0 Å². The molecule has 0 aliphatic carbocycles. The summed E-state index contributed by atoms with van der Waals surface area (Å²) in [5.41, 5.74) is 1.21. The minimum Gasteiger partial charge on any atom is -0.494 e. The zero-order chi connectivity index (χ0) is 18.4. The first kappa shape index (κ1) is 17.4. The van der Waals surface area contributed by atoms with Crippen molar-refractivity contribution >= 4 is 17.8 Å². The van der Waals surface area contributed by atoms with E-state index < -0.39 is 0 Å². The fourth-order valence-electron chi connectivity index (χ4n) is 2.32. The number of aromatic nitrogens is 2. The number of nitrogens with zero attached hydrogens (tertiary/aromatic N) is 2. The Bertz CT molecular complexity index is 905. The molecule has 134 valence electrons. The SMILES string of the molecule is N=COC(=N)c1cc(Oc2ccc(OCCCO)cc2)n2cncc2c1. The lowest BCUT2D eigenvalue weighted by Gasteiger charge is -2.11. The van der Waals surface area contributed by atoms with Crippen molar-refractivity contribution in [1.82, 2.24) is 9.38 Å². The first-order chi connectivity index (χ1) is 12.7. The highest BCUT2D eigenvalue weighted by Gasteiger charge is 2.11. The van der Waals surface area contributed by atoms with Crippen molar-refractivity contribution in [2.45, 2.75) is 6.42 Å². The quantitative estimate of drug-likeness (QED) is 0.327. The molecule has 0 bridgehead atoms. The minimum atomic E-state index is -0.152. The van der Waals surface area contributed by atoms with Crippen molar-refractivity contribution < 1.29 is 19.3 Å². The maximum Gasteiger partial charge on any atom is 0.220 e. The van der Waals surface area contributed by atoms with Crippen molar-refractivity contribution in [3.05, 3.63) is 54.5 Å². The number of imidazole rings is 1.